The van der Waals surface area contributed by atoms with Gasteiger partial charge in [0.05, 0.1) is 7.11 Å². The van der Waals surface area contributed by atoms with Crippen LogP contribution in [0.15, 0.2) is 47.6 Å². The zero-order valence-corrected chi connectivity index (χ0v) is 16.2. The highest BCUT2D eigenvalue weighted by molar-refractivity contribution is 6.35. The molecule has 0 aliphatic heterocycles. The maximum absolute atomic E-state index is 12.2. The largest absolute Gasteiger partial charge is 0.497 e. The van der Waals surface area contributed by atoms with Gasteiger partial charge >= 0.3 is 5.97 Å². The molecule has 26 heavy (non-hydrogen) atoms. The number of carbonyl (C=O) groups is 1. The number of nitrogens with zero attached hydrogens (tertiary/aromatic N) is 1. The normalized spacial score (nSPS) is 11.4. The number of rotatable bonds is 7. The molecular weight excluding hydrogens is 377 g/mol. The van der Waals surface area contributed by atoms with Crippen LogP contribution >= 0.6 is 23.2 Å². The third kappa shape index (κ3) is 5.64. The zero-order valence-electron chi connectivity index (χ0n) is 14.7. The van der Waals surface area contributed by atoms with E-state index in [1.54, 1.807) is 63.4 Å². The molecule has 0 aliphatic carbocycles. The van der Waals surface area contributed by atoms with Gasteiger partial charge in [-0.05, 0) is 55.8 Å². The second kappa shape index (κ2) is 8.92. The molecule has 0 spiro atoms. The first-order valence-electron chi connectivity index (χ1n) is 7.82. The van der Waals surface area contributed by atoms with Crippen molar-refractivity contribution in [2.75, 3.05) is 7.11 Å². The van der Waals surface area contributed by atoms with Crippen LogP contribution in [0.4, 0.5) is 0 Å². The molecule has 2 rings (SSSR count). The monoisotopic (exact) mass is 395 g/mol. The van der Waals surface area contributed by atoms with E-state index in [1.165, 1.54) is 6.21 Å². The fourth-order valence-corrected chi connectivity index (χ4v) is 2.48. The van der Waals surface area contributed by atoms with Crippen molar-refractivity contribution in [2.45, 2.75) is 25.9 Å². The molecule has 0 aromatic heterocycles. The Kier molecular flexibility index (Phi) is 6.89. The van der Waals surface area contributed by atoms with Crippen molar-refractivity contribution in [1.29, 1.82) is 0 Å². The highest BCUT2D eigenvalue weighted by Gasteiger charge is 2.32. The summed E-state index contributed by atoms with van der Waals surface area (Å²) in [5.41, 5.74) is -0.381. The van der Waals surface area contributed by atoms with E-state index in [0.29, 0.717) is 28.0 Å². The highest BCUT2D eigenvalue weighted by atomic mass is 35.5. The number of benzene rings is 2. The van der Waals surface area contributed by atoms with E-state index in [4.69, 9.17) is 37.5 Å². The molecule has 0 N–H and O–H groups in total. The molecule has 0 heterocycles. The Morgan fingerprint density at radius 2 is 1.77 bits per heavy atom. The molecular formula is C19H19Cl2NO4. The second-order valence-electron chi connectivity index (χ2n) is 5.89. The van der Waals surface area contributed by atoms with Crippen LogP contribution in [0.2, 0.25) is 10.0 Å². The number of hydrogen-bond acceptors (Lipinski definition) is 5. The zero-order chi connectivity index (χ0) is 19.2. The second-order valence-corrected chi connectivity index (χ2v) is 6.74. The van der Waals surface area contributed by atoms with E-state index in [1.807, 2.05) is 0 Å². The van der Waals surface area contributed by atoms with E-state index >= 15 is 0 Å². The van der Waals surface area contributed by atoms with Gasteiger partial charge in [0.25, 0.3) is 0 Å². The Hall–Kier alpha value is -2.24. The maximum atomic E-state index is 12.2. The van der Waals surface area contributed by atoms with Crippen molar-refractivity contribution in [3.63, 3.8) is 0 Å². The lowest BCUT2D eigenvalue weighted by molar-refractivity contribution is -0.159. The minimum atomic E-state index is -1.20. The number of methoxy groups -OCH3 is 1. The number of hydrogen-bond donors (Lipinski definition) is 0. The number of halogens is 2. The van der Waals surface area contributed by atoms with Crippen LogP contribution in [0.1, 0.15) is 19.4 Å². The molecule has 7 heteroatoms. The smallest absolute Gasteiger partial charge is 0.377 e. The quantitative estimate of drug-likeness (QED) is 0.378. The molecule has 0 atom stereocenters. The SMILES string of the molecule is COc1ccc(OC(C)(C)C(=O)O/N=C/Cc2ccc(Cl)cc2Cl)cc1. The minimum Gasteiger partial charge on any atom is -0.497 e. The molecule has 138 valence electrons. The Morgan fingerprint density at radius 1 is 1.12 bits per heavy atom. The van der Waals surface area contributed by atoms with Crippen molar-refractivity contribution in [3.8, 4) is 11.5 Å². The Morgan fingerprint density at radius 3 is 2.38 bits per heavy atom. The van der Waals surface area contributed by atoms with Gasteiger partial charge in [0.2, 0.25) is 5.60 Å². The molecule has 0 radical (unpaired) electrons. The third-order valence-corrected chi connectivity index (χ3v) is 4.05. The molecule has 0 unspecified atom stereocenters. The van der Waals surface area contributed by atoms with Crippen LogP contribution in [0.25, 0.3) is 0 Å². The summed E-state index contributed by atoms with van der Waals surface area (Å²) in [5.74, 6) is 0.597. The van der Waals surface area contributed by atoms with Gasteiger partial charge in [-0.3, -0.25) is 0 Å². The lowest BCUT2D eigenvalue weighted by Gasteiger charge is -2.22. The van der Waals surface area contributed by atoms with Gasteiger partial charge in [-0.15, -0.1) is 0 Å². The molecule has 0 saturated carbocycles. The number of ether oxygens (including phenoxy) is 2. The van der Waals surface area contributed by atoms with E-state index in [0.717, 1.165) is 5.56 Å². The molecule has 0 fully saturated rings. The number of oxime groups is 1. The molecule has 0 aliphatic rings. The van der Waals surface area contributed by atoms with Crippen LogP contribution in [0, 0.1) is 0 Å². The predicted octanol–water partition coefficient (Wildman–Crippen LogP) is 4.93. The van der Waals surface area contributed by atoms with Crippen molar-refractivity contribution in [3.05, 3.63) is 58.1 Å². The molecule has 0 amide bonds. The number of carbonyl (C=O) groups excluding carboxylic acids is 1. The van der Waals surface area contributed by atoms with Gasteiger partial charge in [0.15, 0.2) is 0 Å². The van der Waals surface area contributed by atoms with Crippen LogP contribution in [0.5, 0.6) is 11.5 Å². The highest BCUT2D eigenvalue weighted by Crippen LogP contribution is 2.23. The minimum absolute atomic E-state index is 0.406. The Bertz CT molecular complexity index is 789. The summed E-state index contributed by atoms with van der Waals surface area (Å²) in [5, 5.41) is 4.78. The summed E-state index contributed by atoms with van der Waals surface area (Å²) in [7, 11) is 1.58. The molecule has 2 aromatic carbocycles. The summed E-state index contributed by atoms with van der Waals surface area (Å²) in [6.45, 7) is 3.20. The molecule has 0 saturated heterocycles. The molecule has 2 aromatic rings. The fraction of sp³-hybridized carbons (Fsp3) is 0.263. The maximum Gasteiger partial charge on any atom is 0.377 e. The van der Waals surface area contributed by atoms with Crippen molar-refractivity contribution in [1.82, 2.24) is 0 Å². The lowest BCUT2D eigenvalue weighted by Crippen LogP contribution is -2.39. The van der Waals surface area contributed by atoms with Gasteiger partial charge in [-0.1, -0.05) is 34.4 Å². The van der Waals surface area contributed by atoms with Gasteiger partial charge in [0.1, 0.15) is 11.5 Å². The summed E-state index contributed by atoms with van der Waals surface area (Å²) in [6.07, 6.45) is 1.86. The van der Waals surface area contributed by atoms with Crippen molar-refractivity contribution in [2.24, 2.45) is 5.16 Å². The van der Waals surface area contributed by atoms with Crippen LogP contribution < -0.4 is 9.47 Å². The molecule has 5 nitrogen and oxygen atoms in total. The molecule has 0 bridgehead atoms. The first-order valence-corrected chi connectivity index (χ1v) is 8.57. The summed E-state index contributed by atoms with van der Waals surface area (Å²) >= 11 is 11.9. The van der Waals surface area contributed by atoms with Crippen LogP contribution in [0.3, 0.4) is 0 Å². The Balaban J connectivity index is 1.90. The van der Waals surface area contributed by atoms with E-state index in [9.17, 15) is 4.79 Å². The third-order valence-electron chi connectivity index (χ3n) is 3.46. The Labute approximate surface area is 162 Å². The standard InChI is InChI=1S/C19H19Cl2NO4/c1-19(2,25-16-8-6-15(24-3)7-9-16)18(23)26-22-11-10-13-4-5-14(20)12-17(13)21/h4-9,11-12H,10H2,1-3H3/b22-11+. The average molecular weight is 396 g/mol. The van der Waals surface area contributed by atoms with Gasteiger partial charge in [-0.2, -0.15) is 0 Å². The van der Waals surface area contributed by atoms with Crippen molar-refractivity contribution < 1.29 is 19.1 Å². The van der Waals surface area contributed by atoms with E-state index in [-0.39, 0.29) is 0 Å². The van der Waals surface area contributed by atoms with Crippen molar-refractivity contribution >= 4 is 35.4 Å². The average Bonchev–Trinajstić information content (AvgIpc) is 2.60. The first-order chi connectivity index (χ1) is 12.3. The van der Waals surface area contributed by atoms with Gasteiger partial charge in [0, 0.05) is 22.7 Å². The summed E-state index contributed by atoms with van der Waals surface area (Å²) in [4.78, 5) is 17.1. The lowest BCUT2D eigenvalue weighted by atomic mass is 10.1. The van der Waals surface area contributed by atoms with Crippen LogP contribution in [-0.2, 0) is 16.1 Å². The van der Waals surface area contributed by atoms with Crippen LogP contribution in [-0.4, -0.2) is 24.9 Å². The first kappa shape index (κ1) is 20.1. The summed E-state index contributed by atoms with van der Waals surface area (Å²) in [6, 6.07) is 12.1. The van der Waals surface area contributed by atoms with E-state index < -0.39 is 11.6 Å². The van der Waals surface area contributed by atoms with Gasteiger partial charge in [-0.25, -0.2) is 4.79 Å². The topological polar surface area (TPSA) is 57.1 Å². The fourth-order valence-electron chi connectivity index (χ4n) is 2.00. The van der Waals surface area contributed by atoms with E-state index in [2.05, 4.69) is 5.16 Å². The summed E-state index contributed by atoms with van der Waals surface area (Å²) < 4.78 is 10.8. The predicted molar refractivity (Wildman–Crippen MR) is 102 cm³/mol. The van der Waals surface area contributed by atoms with Gasteiger partial charge < -0.3 is 14.3 Å².